The van der Waals surface area contributed by atoms with Gasteiger partial charge in [-0.2, -0.15) is 13.2 Å². The lowest BCUT2D eigenvalue weighted by Gasteiger charge is -2.32. The molecule has 0 unspecified atom stereocenters. The van der Waals surface area contributed by atoms with Gasteiger partial charge in [-0.05, 0) is 12.5 Å². The standard InChI is InChI=1S/C14H16F3NO5/c1-3-22-12(20)18-13(11(19)21-2,14(15,16)17)23-9-10-7-5-4-6-8-10/h4-8H,3,9H2,1-2H3,(H,18,20)/t13-/m1/s1. The number of rotatable bonds is 6. The van der Waals surface area contributed by atoms with E-state index in [1.165, 1.54) is 24.4 Å². The summed E-state index contributed by atoms with van der Waals surface area (Å²) in [6.07, 6.45) is -6.72. The van der Waals surface area contributed by atoms with E-state index in [-0.39, 0.29) is 6.61 Å². The van der Waals surface area contributed by atoms with Crippen LogP contribution in [0.5, 0.6) is 0 Å². The van der Waals surface area contributed by atoms with E-state index in [9.17, 15) is 22.8 Å². The molecule has 1 aromatic carbocycles. The fourth-order valence-electron chi connectivity index (χ4n) is 1.63. The van der Waals surface area contributed by atoms with Gasteiger partial charge in [0.05, 0.1) is 20.3 Å². The Morgan fingerprint density at radius 1 is 1.17 bits per heavy atom. The summed E-state index contributed by atoms with van der Waals surface area (Å²) in [5, 5.41) is 1.41. The molecule has 0 saturated heterocycles. The molecular formula is C14H16F3NO5. The van der Waals surface area contributed by atoms with Crippen LogP contribution < -0.4 is 5.32 Å². The lowest BCUT2D eigenvalue weighted by Crippen LogP contribution is -2.66. The summed E-state index contributed by atoms with van der Waals surface area (Å²) in [7, 11) is 0.752. The smallest absolute Gasteiger partial charge is 0.448 e. The van der Waals surface area contributed by atoms with Crippen LogP contribution in [-0.2, 0) is 25.6 Å². The second kappa shape index (κ2) is 7.82. The van der Waals surface area contributed by atoms with Crippen LogP contribution in [-0.4, -0.2) is 37.7 Å². The van der Waals surface area contributed by atoms with Gasteiger partial charge in [-0.3, -0.25) is 5.32 Å². The molecule has 0 saturated carbocycles. The summed E-state index contributed by atoms with van der Waals surface area (Å²) in [5.74, 6) is -1.81. The van der Waals surface area contributed by atoms with Crippen molar-refractivity contribution in [3.05, 3.63) is 35.9 Å². The van der Waals surface area contributed by atoms with Crippen molar-refractivity contribution in [2.45, 2.75) is 25.4 Å². The topological polar surface area (TPSA) is 73.9 Å². The van der Waals surface area contributed by atoms with Gasteiger partial charge in [-0.15, -0.1) is 0 Å². The number of hydrogen-bond acceptors (Lipinski definition) is 5. The van der Waals surface area contributed by atoms with Crippen molar-refractivity contribution in [2.24, 2.45) is 0 Å². The van der Waals surface area contributed by atoms with E-state index in [0.717, 1.165) is 7.11 Å². The van der Waals surface area contributed by atoms with Crippen LogP contribution in [0.3, 0.4) is 0 Å². The first-order valence-electron chi connectivity index (χ1n) is 6.54. The highest BCUT2D eigenvalue weighted by Gasteiger charge is 2.65. The number of carbonyl (C=O) groups excluding carboxylic acids is 2. The number of alkyl halides is 3. The summed E-state index contributed by atoms with van der Waals surface area (Å²) in [6, 6.07) is 7.85. The number of hydrogen-bond donors (Lipinski definition) is 1. The monoisotopic (exact) mass is 335 g/mol. The van der Waals surface area contributed by atoms with Crippen LogP contribution >= 0.6 is 0 Å². The quantitative estimate of drug-likeness (QED) is 0.638. The molecule has 128 valence electrons. The third kappa shape index (κ3) is 4.59. The van der Waals surface area contributed by atoms with Gasteiger partial charge in [-0.25, -0.2) is 9.59 Å². The molecule has 1 atom stereocenters. The van der Waals surface area contributed by atoms with E-state index in [4.69, 9.17) is 4.74 Å². The van der Waals surface area contributed by atoms with Crippen LogP contribution in [0, 0.1) is 0 Å². The molecule has 23 heavy (non-hydrogen) atoms. The average Bonchev–Trinajstić information content (AvgIpc) is 2.50. The zero-order chi connectivity index (χ0) is 17.5. The molecule has 9 heteroatoms. The van der Waals surface area contributed by atoms with Crippen LogP contribution in [0.25, 0.3) is 0 Å². The summed E-state index contributed by atoms with van der Waals surface area (Å²) in [5.41, 5.74) is -3.29. The van der Waals surface area contributed by atoms with Crippen molar-refractivity contribution >= 4 is 12.1 Å². The molecule has 6 nitrogen and oxygen atoms in total. The van der Waals surface area contributed by atoms with Crippen LogP contribution in [0.4, 0.5) is 18.0 Å². The molecule has 0 radical (unpaired) electrons. The first kappa shape index (κ1) is 18.8. The number of benzene rings is 1. The number of amides is 1. The van der Waals surface area contributed by atoms with Crippen molar-refractivity contribution in [3.63, 3.8) is 0 Å². The lowest BCUT2D eigenvalue weighted by atomic mass is 10.2. The van der Waals surface area contributed by atoms with Crippen molar-refractivity contribution in [1.82, 2.24) is 5.32 Å². The predicted molar refractivity (Wildman–Crippen MR) is 72.2 cm³/mol. The van der Waals surface area contributed by atoms with Crippen molar-refractivity contribution in [2.75, 3.05) is 13.7 Å². The summed E-state index contributed by atoms with van der Waals surface area (Å²) in [4.78, 5) is 23.1. The third-order valence-corrected chi connectivity index (χ3v) is 2.72. The van der Waals surface area contributed by atoms with Gasteiger partial charge in [0, 0.05) is 0 Å². The Balaban J connectivity index is 3.10. The molecule has 0 bridgehead atoms. The van der Waals surface area contributed by atoms with E-state index < -0.39 is 30.6 Å². The maximum absolute atomic E-state index is 13.4. The Bertz CT molecular complexity index is 535. The highest BCUT2D eigenvalue weighted by Crippen LogP contribution is 2.33. The summed E-state index contributed by atoms with van der Waals surface area (Å²) in [6.45, 7) is 0.638. The highest BCUT2D eigenvalue weighted by molar-refractivity contribution is 5.85. The average molecular weight is 335 g/mol. The molecule has 1 N–H and O–H groups in total. The van der Waals surface area contributed by atoms with E-state index >= 15 is 0 Å². The molecule has 1 aromatic rings. The van der Waals surface area contributed by atoms with E-state index in [0.29, 0.717) is 5.56 Å². The summed E-state index contributed by atoms with van der Waals surface area (Å²) >= 11 is 0. The molecule has 1 amide bonds. The van der Waals surface area contributed by atoms with Gasteiger partial charge in [0.15, 0.2) is 0 Å². The van der Waals surface area contributed by atoms with Crippen molar-refractivity contribution in [3.8, 4) is 0 Å². The molecule has 1 rings (SSSR count). The molecule has 0 spiro atoms. The maximum atomic E-state index is 13.4. The van der Waals surface area contributed by atoms with Crippen LogP contribution in [0.15, 0.2) is 30.3 Å². The molecule has 0 heterocycles. The number of carbonyl (C=O) groups is 2. The zero-order valence-corrected chi connectivity index (χ0v) is 12.5. The van der Waals surface area contributed by atoms with Gasteiger partial charge < -0.3 is 14.2 Å². The van der Waals surface area contributed by atoms with E-state index in [1.54, 1.807) is 18.2 Å². The zero-order valence-electron chi connectivity index (χ0n) is 12.5. The molecule has 0 aliphatic rings. The third-order valence-electron chi connectivity index (χ3n) is 2.72. The fraction of sp³-hybridized carbons (Fsp3) is 0.429. The number of methoxy groups -OCH3 is 1. The molecule has 0 aliphatic carbocycles. The minimum absolute atomic E-state index is 0.181. The van der Waals surface area contributed by atoms with Gasteiger partial charge in [-0.1, -0.05) is 30.3 Å². The molecule has 0 aromatic heterocycles. The Hall–Kier alpha value is -2.29. The maximum Gasteiger partial charge on any atom is 0.448 e. The molecule has 0 fully saturated rings. The Labute approximate surface area is 130 Å². The number of alkyl carbamates (subject to hydrolysis) is 1. The summed E-state index contributed by atoms with van der Waals surface area (Å²) < 4.78 is 53.6. The first-order valence-corrected chi connectivity index (χ1v) is 6.54. The second-order valence-electron chi connectivity index (χ2n) is 4.29. The number of esters is 1. The predicted octanol–water partition coefficient (Wildman–Crippen LogP) is 2.38. The number of halogens is 3. The van der Waals surface area contributed by atoms with Crippen LogP contribution in [0.2, 0.25) is 0 Å². The van der Waals surface area contributed by atoms with Gasteiger partial charge >= 0.3 is 24.0 Å². The Morgan fingerprint density at radius 2 is 1.78 bits per heavy atom. The van der Waals surface area contributed by atoms with Crippen molar-refractivity contribution < 1.29 is 37.0 Å². The van der Waals surface area contributed by atoms with Crippen LogP contribution in [0.1, 0.15) is 12.5 Å². The fourth-order valence-corrected chi connectivity index (χ4v) is 1.63. The minimum atomic E-state index is -5.26. The number of ether oxygens (including phenoxy) is 3. The Morgan fingerprint density at radius 3 is 2.26 bits per heavy atom. The number of nitrogens with one attached hydrogen (secondary N) is 1. The molecular weight excluding hydrogens is 319 g/mol. The van der Waals surface area contributed by atoms with E-state index in [1.807, 2.05) is 0 Å². The van der Waals surface area contributed by atoms with Crippen molar-refractivity contribution in [1.29, 1.82) is 0 Å². The first-order chi connectivity index (χ1) is 10.8. The van der Waals surface area contributed by atoms with Gasteiger partial charge in [0.2, 0.25) is 0 Å². The lowest BCUT2D eigenvalue weighted by molar-refractivity contribution is -0.287. The van der Waals surface area contributed by atoms with Gasteiger partial charge in [0.25, 0.3) is 0 Å². The normalized spacial score (nSPS) is 13.8. The minimum Gasteiger partial charge on any atom is -0.465 e. The SMILES string of the molecule is CCOC(=O)N[C@@](OCc1ccccc1)(C(=O)OC)C(F)(F)F. The Kier molecular flexibility index (Phi) is 6.38. The second-order valence-corrected chi connectivity index (χ2v) is 4.29. The highest BCUT2D eigenvalue weighted by atomic mass is 19.4. The van der Waals surface area contributed by atoms with E-state index in [2.05, 4.69) is 9.47 Å². The van der Waals surface area contributed by atoms with Gasteiger partial charge in [0.1, 0.15) is 0 Å². The largest absolute Gasteiger partial charge is 0.465 e. The molecule has 0 aliphatic heterocycles.